The molecule has 0 aliphatic carbocycles. The van der Waals surface area contributed by atoms with Crippen molar-refractivity contribution in [1.82, 2.24) is 0 Å². The van der Waals surface area contributed by atoms with Crippen LogP contribution in [0.2, 0.25) is 0 Å². The third-order valence-electron chi connectivity index (χ3n) is 2.44. The number of ether oxygens (including phenoxy) is 1. The molecule has 17 heavy (non-hydrogen) atoms. The predicted octanol–water partition coefficient (Wildman–Crippen LogP) is 3.11. The van der Waals surface area contributed by atoms with Crippen molar-refractivity contribution in [2.45, 2.75) is 26.0 Å². The number of hydrogen-bond acceptors (Lipinski definition) is 3. The van der Waals surface area contributed by atoms with Crippen LogP contribution in [0.3, 0.4) is 0 Å². The number of furan rings is 1. The Labute approximate surface area is 101 Å². The maximum atomic E-state index is 6.11. The molecular formula is C14H17NO2. The highest BCUT2D eigenvalue weighted by molar-refractivity contribution is 5.33. The molecule has 1 unspecified atom stereocenters. The van der Waals surface area contributed by atoms with Crippen molar-refractivity contribution >= 4 is 0 Å². The summed E-state index contributed by atoms with van der Waals surface area (Å²) in [6, 6.07) is 11.3. The van der Waals surface area contributed by atoms with Gasteiger partial charge in [-0.2, -0.15) is 0 Å². The molecule has 0 saturated carbocycles. The van der Waals surface area contributed by atoms with Crippen molar-refractivity contribution in [3.63, 3.8) is 0 Å². The fourth-order valence-electron chi connectivity index (χ4n) is 1.69. The SMILES string of the molecule is CC(C)Oc1cccc(C(N)c2ccco2)c1. The molecule has 0 spiro atoms. The van der Waals surface area contributed by atoms with Gasteiger partial charge in [0.25, 0.3) is 0 Å². The van der Waals surface area contributed by atoms with Crippen LogP contribution in [-0.2, 0) is 0 Å². The van der Waals surface area contributed by atoms with Crippen LogP contribution in [0.1, 0.15) is 31.2 Å². The minimum atomic E-state index is -0.249. The van der Waals surface area contributed by atoms with Gasteiger partial charge < -0.3 is 14.9 Å². The molecule has 1 heterocycles. The van der Waals surface area contributed by atoms with Gasteiger partial charge in [-0.3, -0.25) is 0 Å². The van der Waals surface area contributed by atoms with Crippen molar-refractivity contribution in [2.24, 2.45) is 5.73 Å². The number of hydrogen-bond donors (Lipinski definition) is 1. The van der Waals surface area contributed by atoms with E-state index >= 15 is 0 Å². The first-order valence-electron chi connectivity index (χ1n) is 5.72. The lowest BCUT2D eigenvalue weighted by molar-refractivity contribution is 0.242. The summed E-state index contributed by atoms with van der Waals surface area (Å²) in [6.07, 6.45) is 1.79. The van der Waals surface area contributed by atoms with Crippen molar-refractivity contribution in [3.05, 3.63) is 54.0 Å². The highest BCUT2D eigenvalue weighted by Gasteiger charge is 2.12. The Balaban J connectivity index is 2.21. The van der Waals surface area contributed by atoms with Gasteiger partial charge in [-0.25, -0.2) is 0 Å². The molecule has 1 aromatic heterocycles. The van der Waals surface area contributed by atoms with E-state index in [2.05, 4.69) is 0 Å². The second kappa shape index (κ2) is 5.06. The summed E-state index contributed by atoms with van der Waals surface area (Å²) in [7, 11) is 0. The van der Waals surface area contributed by atoms with Crippen LogP contribution in [0.25, 0.3) is 0 Å². The standard InChI is InChI=1S/C14H17NO2/c1-10(2)17-12-6-3-5-11(9-12)14(15)13-7-4-8-16-13/h3-10,14H,15H2,1-2H3. The molecule has 0 fully saturated rings. The molecule has 0 bridgehead atoms. The fraction of sp³-hybridized carbons (Fsp3) is 0.286. The highest BCUT2D eigenvalue weighted by atomic mass is 16.5. The molecule has 2 aromatic rings. The summed E-state index contributed by atoms with van der Waals surface area (Å²) in [6.45, 7) is 4.00. The van der Waals surface area contributed by atoms with Crippen LogP contribution in [0, 0.1) is 0 Å². The van der Waals surface area contributed by atoms with Gasteiger partial charge in [0.15, 0.2) is 0 Å². The van der Waals surface area contributed by atoms with Gasteiger partial charge in [-0.05, 0) is 43.7 Å². The first-order valence-corrected chi connectivity index (χ1v) is 5.72. The predicted molar refractivity (Wildman–Crippen MR) is 66.9 cm³/mol. The molecule has 1 aromatic carbocycles. The van der Waals surface area contributed by atoms with Crippen LogP contribution in [0.15, 0.2) is 47.1 Å². The zero-order valence-electron chi connectivity index (χ0n) is 10.1. The van der Waals surface area contributed by atoms with E-state index in [1.807, 2.05) is 50.2 Å². The molecule has 2 rings (SSSR count). The average Bonchev–Trinajstić information content (AvgIpc) is 2.81. The minimum Gasteiger partial charge on any atom is -0.491 e. The zero-order valence-corrected chi connectivity index (χ0v) is 10.1. The fourth-order valence-corrected chi connectivity index (χ4v) is 1.69. The largest absolute Gasteiger partial charge is 0.491 e. The Bertz CT molecular complexity index is 463. The first-order chi connectivity index (χ1) is 8.16. The van der Waals surface area contributed by atoms with E-state index in [-0.39, 0.29) is 12.1 Å². The highest BCUT2D eigenvalue weighted by Crippen LogP contribution is 2.23. The van der Waals surface area contributed by atoms with Gasteiger partial charge in [0.1, 0.15) is 11.5 Å². The van der Waals surface area contributed by atoms with Crippen molar-refractivity contribution in [2.75, 3.05) is 0 Å². The van der Waals surface area contributed by atoms with Gasteiger partial charge in [0.2, 0.25) is 0 Å². The Morgan fingerprint density at radius 1 is 1.18 bits per heavy atom. The molecule has 1 atom stereocenters. The molecule has 3 heteroatoms. The van der Waals surface area contributed by atoms with E-state index in [4.69, 9.17) is 14.9 Å². The Morgan fingerprint density at radius 3 is 2.65 bits per heavy atom. The molecule has 0 aliphatic rings. The van der Waals surface area contributed by atoms with Crippen LogP contribution < -0.4 is 10.5 Å². The number of benzene rings is 1. The second-order valence-electron chi connectivity index (χ2n) is 4.23. The molecule has 0 radical (unpaired) electrons. The van der Waals surface area contributed by atoms with Crippen LogP contribution in [0.5, 0.6) is 5.75 Å². The van der Waals surface area contributed by atoms with Gasteiger partial charge in [-0.1, -0.05) is 12.1 Å². The lowest BCUT2D eigenvalue weighted by Gasteiger charge is -2.13. The van der Waals surface area contributed by atoms with Gasteiger partial charge in [0, 0.05) is 0 Å². The van der Waals surface area contributed by atoms with E-state index in [1.165, 1.54) is 0 Å². The Kier molecular flexibility index (Phi) is 3.49. The van der Waals surface area contributed by atoms with Gasteiger partial charge >= 0.3 is 0 Å². The van der Waals surface area contributed by atoms with E-state index < -0.39 is 0 Å². The van der Waals surface area contributed by atoms with Crippen LogP contribution in [0.4, 0.5) is 0 Å². The monoisotopic (exact) mass is 231 g/mol. The van der Waals surface area contributed by atoms with Crippen molar-refractivity contribution in [3.8, 4) is 5.75 Å². The summed E-state index contributed by atoms with van der Waals surface area (Å²) in [5, 5.41) is 0. The Morgan fingerprint density at radius 2 is 2.00 bits per heavy atom. The number of nitrogens with two attached hydrogens (primary N) is 1. The van der Waals surface area contributed by atoms with E-state index in [1.54, 1.807) is 6.26 Å². The molecule has 3 nitrogen and oxygen atoms in total. The van der Waals surface area contributed by atoms with Gasteiger partial charge in [0.05, 0.1) is 18.4 Å². The quantitative estimate of drug-likeness (QED) is 0.879. The third-order valence-corrected chi connectivity index (χ3v) is 2.44. The molecule has 90 valence electrons. The number of rotatable bonds is 4. The second-order valence-corrected chi connectivity index (χ2v) is 4.23. The van der Waals surface area contributed by atoms with E-state index in [0.29, 0.717) is 0 Å². The van der Waals surface area contributed by atoms with E-state index in [0.717, 1.165) is 17.1 Å². The average molecular weight is 231 g/mol. The topological polar surface area (TPSA) is 48.4 Å². The maximum absolute atomic E-state index is 6.11. The maximum Gasteiger partial charge on any atom is 0.124 e. The first kappa shape index (κ1) is 11.7. The molecule has 0 aliphatic heterocycles. The summed E-state index contributed by atoms with van der Waals surface area (Å²) in [4.78, 5) is 0. The minimum absolute atomic E-state index is 0.157. The molecular weight excluding hydrogens is 214 g/mol. The third kappa shape index (κ3) is 2.88. The van der Waals surface area contributed by atoms with Crippen LogP contribution in [-0.4, -0.2) is 6.10 Å². The van der Waals surface area contributed by atoms with Crippen LogP contribution >= 0.6 is 0 Å². The van der Waals surface area contributed by atoms with Crippen molar-refractivity contribution < 1.29 is 9.15 Å². The lowest BCUT2D eigenvalue weighted by atomic mass is 10.1. The normalized spacial score (nSPS) is 12.7. The van der Waals surface area contributed by atoms with E-state index in [9.17, 15) is 0 Å². The summed E-state index contributed by atoms with van der Waals surface area (Å²) in [5.74, 6) is 1.59. The molecule has 2 N–H and O–H groups in total. The molecule has 0 saturated heterocycles. The lowest BCUT2D eigenvalue weighted by Crippen LogP contribution is -2.11. The molecule has 0 amide bonds. The summed E-state index contributed by atoms with van der Waals surface area (Å²) >= 11 is 0. The zero-order chi connectivity index (χ0) is 12.3. The van der Waals surface area contributed by atoms with Crippen molar-refractivity contribution in [1.29, 1.82) is 0 Å². The summed E-state index contributed by atoms with van der Waals surface area (Å²) in [5.41, 5.74) is 7.10. The van der Waals surface area contributed by atoms with Gasteiger partial charge in [-0.15, -0.1) is 0 Å². The summed E-state index contributed by atoms with van der Waals surface area (Å²) < 4.78 is 10.9. The Hall–Kier alpha value is -1.74. The smallest absolute Gasteiger partial charge is 0.124 e.